The lowest BCUT2D eigenvalue weighted by Crippen LogP contribution is -2.07. The molecule has 98 valence electrons. The van der Waals surface area contributed by atoms with Gasteiger partial charge in [0.05, 0.1) is 10.2 Å². The van der Waals surface area contributed by atoms with Gasteiger partial charge in [0, 0.05) is 18.3 Å². The normalized spacial score (nSPS) is 12.8. The van der Waals surface area contributed by atoms with E-state index < -0.39 is 0 Å². The van der Waals surface area contributed by atoms with E-state index in [4.69, 9.17) is 4.98 Å². The molecule has 1 N–H and O–H groups in total. The van der Waals surface area contributed by atoms with Gasteiger partial charge in [-0.3, -0.25) is 0 Å². The van der Waals surface area contributed by atoms with E-state index in [1.54, 1.807) is 11.3 Å². The number of thiazole rings is 1. The third-order valence-corrected chi connectivity index (χ3v) is 3.83. The molecule has 0 aliphatic heterocycles. The van der Waals surface area contributed by atoms with E-state index in [2.05, 4.69) is 30.1 Å². The highest BCUT2D eigenvalue weighted by molar-refractivity contribution is 7.19. The van der Waals surface area contributed by atoms with Gasteiger partial charge in [-0.25, -0.2) is 4.98 Å². The largest absolute Gasteiger partial charge is 0.388 e. The Morgan fingerprint density at radius 3 is 2.68 bits per heavy atom. The second-order valence-corrected chi connectivity index (χ2v) is 5.37. The van der Waals surface area contributed by atoms with Gasteiger partial charge >= 0.3 is 0 Å². The summed E-state index contributed by atoms with van der Waals surface area (Å²) in [5, 5.41) is 4.24. The Kier molecular flexibility index (Phi) is 4.17. The average Bonchev–Trinajstić information content (AvgIpc) is 2.82. The van der Waals surface area contributed by atoms with Crippen molar-refractivity contribution in [2.24, 2.45) is 0 Å². The third-order valence-electron chi connectivity index (χ3n) is 2.76. The Morgan fingerprint density at radius 1 is 1.37 bits per heavy atom. The summed E-state index contributed by atoms with van der Waals surface area (Å²) in [5.74, 6) is 0. The van der Waals surface area contributed by atoms with Crippen LogP contribution in [0.4, 0.5) is 0 Å². The lowest BCUT2D eigenvalue weighted by molar-refractivity contribution is 1.03. The monoisotopic (exact) mass is 270 g/mol. The van der Waals surface area contributed by atoms with Gasteiger partial charge < -0.3 is 5.32 Å². The number of fused-ring (bicyclic) bond motifs is 1. The molecule has 1 aromatic heterocycles. The van der Waals surface area contributed by atoms with E-state index in [1.807, 2.05) is 39.1 Å². The van der Waals surface area contributed by atoms with E-state index in [0.717, 1.165) is 27.4 Å². The van der Waals surface area contributed by atoms with E-state index >= 15 is 0 Å². The molecule has 0 spiro atoms. The van der Waals surface area contributed by atoms with Crippen molar-refractivity contribution in [1.29, 1.82) is 0 Å². The van der Waals surface area contributed by atoms with Crippen LogP contribution in [0, 0.1) is 0 Å². The summed E-state index contributed by atoms with van der Waals surface area (Å²) in [4.78, 5) is 4.71. The van der Waals surface area contributed by atoms with Gasteiger partial charge in [0.15, 0.2) is 0 Å². The number of likely N-dealkylation sites (N-methyl/N-ethyl adjacent to an activating group) is 1. The van der Waals surface area contributed by atoms with Gasteiger partial charge in [-0.15, -0.1) is 11.3 Å². The van der Waals surface area contributed by atoms with Gasteiger partial charge in [0.2, 0.25) is 0 Å². The number of hydrogen-bond donors (Lipinski definition) is 1. The second-order valence-electron chi connectivity index (χ2n) is 4.34. The maximum absolute atomic E-state index is 4.71. The zero-order valence-corrected chi connectivity index (χ0v) is 12.3. The minimum absolute atomic E-state index is 1.02. The molecule has 2 nitrogen and oxygen atoms in total. The van der Waals surface area contributed by atoms with Crippen molar-refractivity contribution in [1.82, 2.24) is 10.3 Å². The van der Waals surface area contributed by atoms with Crippen molar-refractivity contribution < 1.29 is 0 Å². The Labute approximate surface area is 118 Å². The van der Waals surface area contributed by atoms with Gasteiger partial charge in [-0.2, -0.15) is 0 Å². The first-order valence-corrected chi connectivity index (χ1v) is 7.05. The third kappa shape index (κ3) is 2.93. The first-order valence-electron chi connectivity index (χ1n) is 6.23. The molecule has 0 bridgehead atoms. The van der Waals surface area contributed by atoms with Crippen LogP contribution in [-0.2, 0) is 0 Å². The molecular weight excluding hydrogens is 252 g/mol. The molecule has 2 aromatic rings. The molecule has 3 heteroatoms. The maximum Gasteiger partial charge on any atom is 0.126 e. The molecule has 0 unspecified atom stereocenters. The molecule has 0 radical (unpaired) electrons. The van der Waals surface area contributed by atoms with Crippen LogP contribution in [-0.4, -0.2) is 12.0 Å². The lowest BCUT2D eigenvalue weighted by atomic mass is 10.1. The van der Waals surface area contributed by atoms with Crippen LogP contribution in [0.5, 0.6) is 0 Å². The van der Waals surface area contributed by atoms with Gasteiger partial charge in [0.1, 0.15) is 5.01 Å². The van der Waals surface area contributed by atoms with Crippen LogP contribution in [0.2, 0.25) is 0 Å². The number of benzene rings is 1. The summed E-state index contributed by atoms with van der Waals surface area (Å²) in [6.07, 6.45) is 4.13. The Hall–Kier alpha value is -1.87. The van der Waals surface area contributed by atoms with E-state index in [9.17, 15) is 0 Å². The number of aromatic nitrogens is 1. The molecule has 0 saturated carbocycles. The predicted octanol–water partition coefficient (Wildman–Crippen LogP) is 4.38. The van der Waals surface area contributed by atoms with Crippen LogP contribution in [0.3, 0.4) is 0 Å². The fraction of sp³-hybridized carbons (Fsp3) is 0.188. The van der Waals surface area contributed by atoms with Crippen molar-refractivity contribution >= 4 is 27.1 Å². The van der Waals surface area contributed by atoms with Crippen LogP contribution in [0.25, 0.3) is 15.8 Å². The molecule has 0 aliphatic rings. The SMILES string of the molecule is C=C(C)/C=C(\C(=C/C)NC)c1nc2ccccc2s1. The second kappa shape index (κ2) is 5.85. The van der Waals surface area contributed by atoms with Crippen LogP contribution < -0.4 is 5.32 Å². The number of nitrogens with one attached hydrogen (secondary N) is 1. The van der Waals surface area contributed by atoms with E-state index in [0.29, 0.717) is 0 Å². The molecule has 0 aliphatic carbocycles. The Balaban J connectivity index is 2.58. The van der Waals surface area contributed by atoms with Crippen molar-refractivity contribution in [2.45, 2.75) is 13.8 Å². The van der Waals surface area contributed by atoms with E-state index in [1.165, 1.54) is 4.70 Å². The van der Waals surface area contributed by atoms with Crippen molar-refractivity contribution in [3.8, 4) is 0 Å². The molecule has 1 aromatic carbocycles. The quantitative estimate of drug-likeness (QED) is 0.834. The van der Waals surface area contributed by atoms with Crippen molar-refractivity contribution in [3.63, 3.8) is 0 Å². The first-order chi connectivity index (χ1) is 9.15. The minimum atomic E-state index is 1.02. The Morgan fingerprint density at radius 2 is 2.11 bits per heavy atom. The molecule has 0 amide bonds. The van der Waals surface area contributed by atoms with Crippen molar-refractivity contribution in [3.05, 3.63) is 59.3 Å². The fourth-order valence-electron chi connectivity index (χ4n) is 1.92. The summed E-state index contributed by atoms with van der Waals surface area (Å²) < 4.78 is 1.21. The summed E-state index contributed by atoms with van der Waals surface area (Å²) in [6.45, 7) is 7.99. The number of allylic oxidation sites excluding steroid dienone is 4. The summed E-state index contributed by atoms with van der Waals surface area (Å²) >= 11 is 1.71. The molecule has 2 rings (SSSR count). The first kappa shape index (κ1) is 13.6. The number of nitrogens with zero attached hydrogens (tertiary/aromatic N) is 1. The van der Waals surface area contributed by atoms with Crippen LogP contribution in [0.15, 0.2) is 54.3 Å². The Bertz CT molecular complexity index is 629. The number of para-hydroxylation sites is 1. The maximum atomic E-state index is 4.71. The highest BCUT2D eigenvalue weighted by Gasteiger charge is 2.11. The topological polar surface area (TPSA) is 24.9 Å². The highest BCUT2D eigenvalue weighted by atomic mass is 32.1. The molecule has 0 saturated heterocycles. The summed E-state index contributed by atoms with van der Waals surface area (Å²) in [7, 11) is 1.93. The van der Waals surface area contributed by atoms with E-state index in [-0.39, 0.29) is 0 Å². The molecule has 0 atom stereocenters. The van der Waals surface area contributed by atoms with Crippen LogP contribution in [0.1, 0.15) is 18.9 Å². The van der Waals surface area contributed by atoms with Gasteiger partial charge in [0.25, 0.3) is 0 Å². The summed E-state index contributed by atoms with van der Waals surface area (Å²) in [5.41, 5.74) is 4.23. The molecule has 0 fully saturated rings. The number of rotatable bonds is 4. The molecule has 1 heterocycles. The standard InChI is InChI=1S/C16H18N2S/c1-5-13(17-4)12(10-11(2)3)16-18-14-8-6-7-9-15(14)19-16/h5-10,17H,2H2,1,3-4H3/b12-10+,13-5+. The average molecular weight is 270 g/mol. The number of hydrogen-bond acceptors (Lipinski definition) is 3. The predicted molar refractivity (Wildman–Crippen MR) is 85.2 cm³/mol. The lowest BCUT2D eigenvalue weighted by Gasteiger charge is -2.09. The fourth-order valence-corrected chi connectivity index (χ4v) is 2.92. The van der Waals surface area contributed by atoms with Crippen molar-refractivity contribution in [2.75, 3.05) is 7.05 Å². The zero-order valence-electron chi connectivity index (χ0n) is 11.5. The zero-order chi connectivity index (χ0) is 13.8. The van der Waals surface area contributed by atoms with Crippen LogP contribution >= 0.6 is 11.3 Å². The smallest absolute Gasteiger partial charge is 0.126 e. The van der Waals surface area contributed by atoms with Gasteiger partial charge in [-0.1, -0.05) is 30.4 Å². The highest BCUT2D eigenvalue weighted by Crippen LogP contribution is 2.30. The van der Waals surface area contributed by atoms with Gasteiger partial charge in [-0.05, 0) is 32.1 Å². The molecular formula is C16H18N2S. The summed E-state index contributed by atoms with van der Waals surface area (Å²) in [6, 6.07) is 8.20. The minimum Gasteiger partial charge on any atom is -0.388 e. The molecule has 19 heavy (non-hydrogen) atoms.